The zero-order valence-electron chi connectivity index (χ0n) is 15.7. The van der Waals surface area contributed by atoms with E-state index in [2.05, 4.69) is 65.6 Å². The molecule has 24 heavy (non-hydrogen) atoms. The molecule has 1 heterocycles. The third-order valence-corrected chi connectivity index (χ3v) is 4.65. The van der Waals surface area contributed by atoms with E-state index in [0.29, 0.717) is 6.54 Å². The maximum atomic E-state index is 5.44. The summed E-state index contributed by atoms with van der Waals surface area (Å²) in [7, 11) is 3.52. The highest BCUT2D eigenvalue weighted by atomic mass is 16.5. The Bertz CT molecular complexity index is 550. The summed E-state index contributed by atoms with van der Waals surface area (Å²) in [5.74, 6) is 0.791. The van der Waals surface area contributed by atoms with E-state index in [4.69, 9.17) is 4.74 Å². The molecule has 0 bridgehead atoms. The van der Waals surface area contributed by atoms with E-state index in [0.717, 1.165) is 5.96 Å². The van der Waals surface area contributed by atoms with Crippen LogP contribution < -0.4 is 15.5 Å². The van der Waals surface area contributed by atoms with Crippen molar-refractivity contribution in [2.75, 3.05) is 38.7 Å². The average Bonchev–Trinajstić information content (AvgIpc) is 3.13. The van der Waals surface area contributed by atoms with Gasteiger partial charge < -0.3 is 20.3 Å². The number of benzene rings is 1. The molecule has 0 spiro atoms. The van der Waals surface area contributed by atoms with Crippen LogP contribution in [0.5, 0.6) is 0 Å². The van der Waals surface area contributed by atoms with Crippen LogP contribution in [0, 0.1) is 0 Å². The first-order valence-electron chi connectivity index (χ1n) is 8.82. The molecule has 2 N–H and O–H groups in total. The second-order valence-electron chi connectivity index (χ2n) is 7.04. The van der Waals surface area contributed by atoms with Crippen molar-refractivity contribution in [2.24, 2.45) is 4.99 Å². The fourth-order valence-electron chi connectivity index (χ4n) is 2.82. The van der Waals surface area contributed by atoms with Crippen molar-refractivity contribution in [3.05, 3.63) is 29.8 Å². The lowest BCUT2D eigenvalue weighted by atomic mass is 10.1. The van der Waals surface area contributed by atoms with Crippen LogP contribution >= 0.6 is 0 Å². The number of aliphatic imine (C=N–C) groups is 1. The molecular formula is C19H32N4O. The molecule has 1 unspecified atom stereocenters. The first kappa shape index (κ1) is 18.6. The lowest BCUT2D eigenvalue weighted by molar-refractivity contribution is 0.0268. The maximum Gasteiger partial charge on any atom is 0.191 e. The molecule has 5 heteroatoms. The maximum absolute atomic E-state index is 5.44. The molecule has 1 aliphatic heterocycles. The molecule has 0 saturated carbocycles. The predicted molar refractivity (Wildman–Crippen MR) is 102 cm³/mol. The van der Waals surface area contributed by atoms with Gasteiger partial charge in [-0.05, 0) is 51.3 Å². The number of nitrogens with zero attached hydrogens (tertiary/aromatic N) is 2. The summed E-state index contributed by atoms with van der Waals surface area (Å²) in [5, 5.41) is 6.80. The minimum absolute atomic E-state index is 0.185. The largest absolute Gasteiger partial charge is 0.377 e. The summed E-state index contributed by atoms with van der Waals surface area (Å²) in [6.45, 7) is 9.30. The molecule has 0 radical (unpaired) electrons. The average molecular weight is 332 g/mol. The summed E-state index contributed by atoms with van der Waals surface area (Å²) >= 11 is 0. The third kappa shape index (κ3) is 5.13. The van der Waals surface area contributed by atoms with Gasteiger partial charge in [0.15, 0.2) is 5.96 Å². The molecule has 1 aliphatic rings. The van der Waals surface area contributed by atoms with Gasteiger partial charge in [-0.25, -0.2) is 0 Å². The van der Waals surface area contributed by atoms with E-state index >= 15 is 0 Å². The number of hydrogen-bond donors (Lipinski definition) is 2. The zero-order valence-corrected chi connectivity index (χ0v) is 15.7. The summed E-state index contributed by atoms with van der Waals surface area (Å²) in [6.07, 6.45) is 2.59. The first-order valence-corrected chi connectivity index (χ1v) is 8.82. The smallest absolute Gasteiger partial charge is 0.191 e. The van der Waals surface area contributed by atoms with Gasteiger partial charge in [-0.15, -0.1) is 0 Å². The van der Waals surface area contributed by atoms with Crippen LogP contribution in [-0.2, 0) is 4.74 Å². The fourth-order valence-corrected chi connectivity index (χ4v) is 2.82. The van der Waals surface area contributed by atoms with Gasteiger partial charge in [0, 0.05) is 39.5 Å². The van der Waals surface area contributed by atoms with E-state index in [1.807, 2.05) is 0 Å². The Morgan fingerprint density at radius 1 is 1.33 bits per heavy atom. The van der Waals surface area contributed by atoms with Crippen LogP contribution in [0.4, 0.5) is 5.69 Å². The topological polar surface area (TPSA) is 48.9 Å². The van der Waals surface area contributed by atoms with Crippen LogP contribution in [0.1, 0.15) is 45.2 Å². The van der Waals surface area contributed by atoms with Gasteiger partial charge in [0.1, 0.15) is 0 Å². The van der Waals surface area contributed by atoms with Crippen LogP contribution in [0.3, 0.4) is 0 Å². The van der Waals surface area contributed by atoms with Gasteiger partial charge >= 0.3 is 0 Å². The van der Waals surface area contributed by atoms with Crippen molar-refractivity contribution >= 4 is 11.6 Å². The van der Waals surface area contributed by atoms with Crippen molar-refractivity contribution in [3.63, 3.8) is 0 Å². The second-order valence-corrected chi connectivity index (χ2v) is 7.04. The van der Waals surface area contributed by atoms with Crippen molar-refractivity contribution in [3.8, 4) is 0 Å². The number of guanidine groups is 1. The Balaban J connectivity index is 1.97. The number of ether oxygens (including phenoxy) is 1. The number of anilines is 1. The summed E-state index contributed by atoms with van der Waals surface area (Å²) in [5.41, 5.74) is 2.37. The standard InChI is InChI=1S/C19H32N4O/c1-15(22-18(20-4)21-14-19(2,3)24-5)16-9-8-10-17(13-16)23-11-6-7-12-23/h8-10,13,15H,6-7,11-12,14H2,1-5H3,(H2,20,21,22). The van der Waals surface area contributed by atoms with E-state index < -0.39 is 0 Å². The second kappa shape index (κ2) is 8.38. The molecule has 0 aromatic heterocycles. The molecule has 2 rings (SSSR count). The molecule has 1 aromatic rings. The molecular weight excluding hydrogens is 300 g/mol. The minimum Gasteiger partial charge on any atom is -0.377 e. The molecule has 134 valence electrons. The minimum atomic E-state index is -0.226. The van der Waals surface area contributed by atoms with Gasteiger partial charge in [0.05, 0.1) is 11.6 Å². The molecule has 1 aromatic carbocycles. The Morgan fingerprint density at radius 3 is 2.67 bits per heavy atom. The highest BCUT2D eigenvalue weighted by Gasteiger charge is 2.18. The Labute approximate surface area is 146 Å². The first-order chi connectivity index (χ1) is 11.4. The van der Waals surface area contributed by atoms with E-state index in [1.165, 1.54) is 37.2 Å². The number of hydrogen-bond acceptors (Lipinski definition) is 3. The highest BCUT2D eigenvalue weighted by Crippen LogP contribution is 2.23. The Hall–Kier alpha value is -1.75. The summed E-state index contributed by atoms with van der Waals surface area (Å²) in [6, 6.07) is 8.99. The zero-order chi connectivity index (χ0) is 17.6. The number of nitrogens with one attached hydrogen (secondary N) is 2. The Morgan fingerprint density at radius 2 is 2.04 bits per heavy atom. The monoisotopic (exact) mass is 332 g/mol. The highest BCUT2D eigenvalue weighted by molar-refractivity contribution is 5.80. The van der Waals surface area contributed by atoms with Gasteiger partial charge in [-0.3, -0.25) is 4.99 Å². The predicted octanol–water partition coefficient (Wildman–Crippen LogP) is 2.94. The van der Waals surface area contributed by atoms with Crippen LogP contribution in [-0.4, -0.2) is 45.4 Å². The summed E-state index contributed by atoms with van der Waals surface area (Å²) in [4.78, 5) is 6.78. The van der Waals surface area contributed by atoms with Gasteiger partial charge in [0.2, 0.25) is 0 Å². The molecule has 0 aliphatic carbocycles. The Kier molecular flexibility index (Phi) is 6.49. The van der Waals surface area contributed by atoms with E-state index in [-0.39, 0.29) is 11.6 Å². The van der Waals surface area contributed by atoms with Crippen LogP contribution in [0.2, 0.25) is 0 Å². The molecule has 5 nitrogen and oxygen atoms in total. The molecule has 1 fully saturated rings. The van der Waals surface area contributed by atoms with Gasteiger partial charge in [-0.1, -0.05) is 12.1 Å². The molecule has 1 atom stereocenters. The van der Waals surface area contributed by atoms with Gasteiger partial charge in [0.25, 0.3) is 0 Å². The molecule has 0 amide bonds. The van der Waals surface area contributed by atoms with Crippen molar-refractivity contribution in [2.45, 2.75) is 45.3 Å². The van der Waals surface area contributed by atoms with Crippen LogP contribution in [0.25, 0.3) is 0 Å². The quantitative estimate of drug-likeness (QED) is 0.621. The SMILES string of the molecule is CN=C(NCC(C)(C)OC)NC(C)c1cccc(N2CCCC2)c1. The third-order valence-electron chi connectivity index (χ3n) is 4.65. The van der Waals surface area contributed by atoms with Crippen molar-refractivity contribution < 1.29 is 4.74 Å². The molecule has 1 saturated heterocycles. The fraction of sp³-hybridized carbons (Fsp3) is 0.632. The van der Waals surface area contributed by atoms with Crippen LogP contribution in [0.15, 0.2) is 29.3 Å². The van der Waals surface area contributed by atoms with Gasteiger partial charge in [-0.2, -0.15) is 0 Å². The van der Waals surface area contributed by atoms with Crippen molar-refractivity contribution in [1.29, 1.82) is 0 Å². The lowest BCUT2D eigenvalue weighted by Gasteiger charge is -2.26. The normalized spacial score (nSPS) is 17.0. The van der Waals surface area contributed by atoms with E-state index in [9.17, 15) is 0 Å². The number of rotatable bonds is 6. The van der Waals surface area contributed by atoms with E-state index in [1.54, 1.807) is 14.2 Å². The van der Waals surface area contributed by atoms with Crippen molar-refractivity contribution in [1.82, 2.24) is 10.6 Å². The summed E-state index contributed by atoms with van der Waals surface area (Å²) < 4.78 is 5.44. The lowest BCUT2D eigenvalue weighted by Crippen LogP contribution is -2.45. The number of methoxy groups -OCH3 is 1.